The monoisotopic (exact) mass is 467 g/mol. The van der Waals surface area contributed by atoms with Gasteiger partial charge in [0.05, 0.1) is 11.6 Å². The lowest BCUT2D eigenvalue weighted by atomic mass is 10.00. The van der Waals surface area contributed by atoms with Gasteiger partial charge in [-0.05, 0) is 85.0 Å². The number of rotatable bonds is 6. The van der Waals surface area contributed by atoms with Crippen LogP contribution in [0.3, 0.4) is 0 Å². The van der Waals surface area contributed by atoms with Crippen LogP contribution in [0.15, 0.2) is 66.7 Å². The molecule has 178 valence electrons. The molecule has 2 aliphatic heterocycles. The summed E-state index contributed by atoms with van der Waals surface area (Å²) in [5, 5.41) is 29.5. The Hall–Kier alpha value is -3.70. The molecule has 0 bridgehead atoms. The van der Waals surface area contributed by atoms with Crippen LogP contribution in [0.25, 0.3) is 0 Å². The molecule has 35 heavy (non-hydrogen) atoms. The molecule has 3 aromatic rings. The van der Waals surface area contributed by atoms with Crippen molar-refractivity contribution in [1.29, 1.82) is 5.26 Å². The number of carbonyl (C=O) groups excluding carboxylic acids is 1. The summed E-state index contributed by atoms with van der Waals surface area (Å²) in [6.07, 6.45) is 1.94. The third-order valence-corrected chi connectivity index (χ3v) is 6.78. The van der Waals surface area contributed by atoms with Gasteiger partial charge in [0.1, 0.15) is 0 Å². The van der Waals surface area contributed by atoms with E-state index < -0.39 is 6.35 Å². The number of benzene rings is 3. The van der Waals surface area contributed by atoms with Crippen molar-refractivity contribution in [2.75, 3.05) is 23.7 Å². The molecule has 1 saturated heterocycles. The highest BCUT2D eigenvalue weighted by Crippen LogP contribution is 2.34. The molecule has 1 fully saturated rings. The predicted octanol–water partition coefficient (Wildman–Crippen LogP) is 3.98. The zero-order valence-electron chi connectivity index (χ0n) is 19.5. The van der Waals surface area contributed by atoms with Crippen LogP contribution >= 0.6 is 0 Å². The van der Waals surface area contributed by atoms with Crippen molar-refractivity contribution >= 4 is 17.3 Å². The highest BCUT2D eigenvalue weighted by atomic mass is 16.3. The lowest BCUT2D eigenvalue weighted by Crippen LogP contribution is -2.40. The topological polar surface area (TPSA) is 100 Å². The van der Waals surface area contributed by atoms with Gasteiger partial charge in [-0.1, -0.05) is 24.3 Å². The summed E-state index contributed by atoms with van der Waals surface area (Å²) in [4.78, 5) is 15.0. The second-order valence-corrected chi connectivity index (χ2v) is 9.10. The van der Waals surface area contributed by atoms with Crippen molar-refractivity contribution in [3.05, 3.63) is 94.5 Å². The minimum absolute atomic E-state index is 0.0146. The van der Waals surface area contributed by atoms with E-state index in [1.165, 1.54) is 11.1 Å². The number of anilines is 2. The number of aliphatic hydroxyl groups excluding tert-OH is 1. The number of carbonyl (C=O) groups is 1. The number of hydrogen-bond donors (Lipinski definition) is 4. The quantitative estimate of drug-likeness (QED) is 0.409. The normalized spacial score (nSPS) is 18.3. The first-order valence-corrected chi connectivity index (χ1v) is 12.0. The third kappa shape index (κ3) is 5.20. The Bertz CT molecular complexity index is 1270. The number of aliphatic hydroxyl groups is 1. The Kier molecular flexibility index (Phi) is 6.77. The van der Waals surface area contributed by atoms with E-state index in [0.29, 0.717) is 16.8 Å². The van der Waals surface area contributed by atoms with Crippen LogP contribution in [0.5, 0.6) is 0 Å². The molecule has 2 atom stereocenters. The first-order chi connectivity index (χ1) is 17.1. The number of amides is 1. The zero-order valence-corrected chi connectivity index (χ0v) is 19.5. The van der Waals surface area contributed by atoms with E-state index in [0.717, 1.165) is 50.1 Å². The Morgan fingerprint density at radius 1 is 1.09 bits per heavy atom. The first kappa shape index (κ1) is 23.1. The van der Waals surface area contributed by atoms with E-state index >= 15 is 0 Å². The summed E-state index contributed by atoms with van der Waals surface area (Å²) in [7, 11) is 0. The predicted molar refractivity (Wildman–Crippen MR) is 136 cm³/mol. The molecule has 7 heteroatoms. The molecule has 0 spiro atoms. The van der Waals surface area contributed by atoms with Crippen molar-refractivity contribution in [2.24, 2.45) is 0 Å². The molecule has 0 aromatic heterocycles. The second-order valence-electron chi connectivity index (χ2n) is 9.10. The maximum atomic E-state index is 13.0. The van der Waals surface area contributed by atoms with E-state index in [2.05, 4.69) is 28.1 Å². The van der Waals surface area contributed by atoms with Gasteiger partial charge in [0.25, 0.3) is 5.91 Å². The fourth-order valence-electron chi connectivity index (χ4n) is 5.00. The van der Waals surface area contributed by atoms with E-state index in [1.807, 2.05) is 47.4 Å². The Morgan fingerprint density at radius 2 is 1.97 bits per heavy atom. The second kappa shape index (κ2) is 10.3. The molecular weight excluding hydrogens is 438 g/mol. The fraction of sp³-hybridized carbons (Fsp3) is 0.286. The number of nitriles is 1. The average molecular weight is 468 g/mol. The van der Waals surface area contributed by atoms with Crippen molar-refractivity contribution in [1.82, 2.24) is 10.2 Å². The van der Waals surface area contributed by atoms with Gasteiger partial charge in [-0.25, -0.2) is 0 Å². The van der Waals surface area contributed by atoms with E-state index in [4.69, 9.17) is 5.26 Å². The van der Waals surface area contributed by atoms with E-state index in [-0.39, 0.29) is 11.9 Å². The lowest BCUT2D eigenvalue weighted by Gasteiger charge is -2.31. The third-order valence-electron chi connectivity index (χ3n) is 6.78. The van der Waals surface area contributed by atoms with Crippen LogP contribution in [0.4, 0.5) is 11.4 Å². The molecule has 3 aromatic carbocycles. The SMILES string of the molecule is N#Cc1cccc(NC(O)N2CCCC2c2cccc(C(=O)Nc3ccc4c(c3)CNCC4)c2)c1. The Morgan fingerprint density at radius 3 is 2.86 bits per heavy atom. The highest BCUT2D eigenvalue weighted by Gasteiger charge is 2.31. The molecule has 0 radical (unpaired) electrons. The van der Waals surface area contributed by atoms with Crippen LogP contribution in [0.2, 0.25) is 0 Å². The van der Waals surface area contributed by atoms with Gasteiger partial charge in [0.15, 0.2) is 6.35 Å². The number of nitrogens with zero attached hydrogens (tertiary/aromatic N) is 2. The van der Waals surface area contributed by atoms with Gasteiger partial charge in [-0.2, -0.15) is 5.26 Å². The van der Waals surface area contributed by atoms with Crippen molar-refractivity contribution < 1.29 is 9.90 Å². The van der Waals surface area contributed by atoms with Gasteiger partial charge in [-0.3, -0.25) is 9.69 Å². The van der Waals surface area contributed by atoms with Gasteiger partial charge in [0.2, 0.25) is 0 Å². The fourth-order valence-corrected chi connectivity index (χ4v) is 5.00. The summed E-state index contributed by atoms with van der Waals surface area (Å²) in [5.41, 5.74) is 6.17. The smallest absolute Gasteiger partial charge is 0.255 e. The number of hydrogen-bond acceptors (Lipinski definition) is 6. The first-order valence-electron chi connectivity index (χ1n) is 12.0. The van der Waals surface area contributed by atoms with Gasteiger partial charge < -0.3 is 21.1 Å². The molecule has 5 rings (SSSR count). The zero-order chi connectivity index (χ0) is 24.2. The van der Waals surface area contributed by atoms with Crippen molar-refractivity contribution in [3.8, 4) is 6.07 Å². The molecule has 4 N–H and O–H groups in total. The van der Waals surface area contributed by atoms with Gasteiger partial charge in [0, 0.05) is 36.1 Å². The highest BCUT2D eigenvalue weighted by molar-refractivity contribution is 6.04. The molecule has 0 aliphatic carbocycles. The minimum atomic E-state index is -0.905. The summed E-state index contributed by atoms with van der Waals surface area (Å²) < 4.78 is 0. The number of nitrogens with one attached hydrogen (secondary N) is 3. The Labute approximate surface area is 205 Å². The van der Waals surface area contributed by atoms with Crippen LogP contribution in [-0.2, 0) is 13.0 Å². The van der Waals surface area contributed by atoms with E-state index in [9.17, 15) is 9.90 Å². The summed E-state index contributed by atoms with van der Waals surface area (Å²) in [6.45, 7) is 2.54. The van der Waals surface area contributed by atoms with Crippen molar-refractivity contribution in [3.63, 3.8) is 0 Å². The summed E-state index contributed by atoms with van der Waals surface area (Å²) in [5.74, 6) is -0.146. The standard InChI is InChI=1S/C28H29N5O2/c29-17-19-4-1-7-24(14-19)32-28(35)33-13-3-8-26(33)21-5-2-6-22(15-21)27(34)31-25-10-9-20-11-12-30-18-23(20)16-25/h1-2,4-7,9-10,14-16,26,28,30,32,35H,3,8,11-13,18H2,(H,31,34). The lowest BCUT2D eigenvalue weighted by molar-refractivity contribution is 0.0164. The van der Waals surface area contributed by atoms with Crippen LogP contribution < -0.4 is 16.0 Å². The summed E-state index contributed by atoms with van der Waals surface area (Å²) in [6, 6.07) is 22.9. The largest absolute Gasteiger partial charge is 0.361 e. The molecule has 2 unspecified atom stereocenters. The average Bonchev–Trinajstić information content (AvgIpc) is 3.39. The van der Waals surface area contributed by atoms with Crippen molar-refractivity contribution in [2.45, 2.75) is 38.2 Å². The molecular formula is C28H29N5O2. The Balaban J connectivity index is 1.29. The van der Waals surface area contributed by atoms with Crippen LogP contribution in [-0.4, -0.2) is 35.4 Å². The summed E-state index contributed by atoms with van der Waals surface area (Å²) >= 11 is 0. The number of likely N-dealkylation sites (tertiary alicyclic amines) is 1. The van der Waals surface area contributed by atoms with Gasteiger partial charge >= 0.3 is 0 Å². The minimum Gasteiger partial charge on any atom is -0.361 e. The van der Waals surface area contributed by atoms with Gasteiger partial charge in [-0.15, -0.1) is 0 Å². The molecule has 1 amide bonds. The maximum Gasteiger partial charge on any atom is 0.255 e. The van der Waals surface area contributed by atoms with Crippen LogP contribution in [0, 0.1) is 11.3 Å². The maximum absolute atomic E-state index is 13.0. The number of fused-ring (bicyclic) bond motifs is 1. The molecule has 7 nitrogen and oxygen atoms in total. The molecule has 2 heterocycles. The molecule has 2 aliphatic rings. The van der Waals surface area contributed by atoms with Crippen LogP contribution in [0.1, 0.15) is 51.5 Å². The van der Waals surface area contributed by atoms with E-state index in [1.54, 1.807) is 18.2 Å². The molecule has 0 saturated carbocycles.